The van der Waals surface area contributed by atoms with Crippen molar-refractivity contribution in [1.29, 1.82) is 0 Å². The second-order valence-electron chi connectivity index (χ2n) is 5.18. The van der Waals surface area contributed by atoms with Gasteiger partial charge in [-0.25, -0.2) is 4.39 Å². The Balaban J connectivity index is 2.52. The number of hydrogen-bond donors (Lipinski definition) is 2. The Labute approximate surface area is 109 Å². The van der Waals surface area contributed by atoms with E-state index in [1.165, 1.54) is 18.2 Å². The Morgan fingerprint density at radius 2 is 2.00 bits per heavy atom. The maximum Gasteiger partial charge on any atom is 0.123 e. The summed E-state index contributed by atoms with van der Waals surface area (Å²) in [6, 6.07) is 4.43. The highest BCUT2D eigenvalue weighted by atomic mass is 19.1. The van der Waals surface area contributed by atoms with Crippen molar-refractivity contribution >= 4 is 0 Å². The highest BCUT2D eigenvalue weighted by Crippen LogP contribution is 2.17. The Hall–Kier alpha value is -1.13. The summed E-state index contributed by atoms with van der Waals surface area (Å²) in [6.07, 6.45) is 0. The van der Waals surface area contributed by atoms with Gasteiger partial charge in [0.15, 0.2) is 0 Å². The summed E-state index contributed by atoms with van der Waals surface area (Å²) in [6.45, 7) is 5.62. The molecule has 0 fully saturated rings. The minimum absolute atomic E-state index is 0.134. The van der Waals surface area contributed by atoms with Crippen LogP contribution < -0.4 is 5.32 Å². The van der Waals surface area contributed by atoms with Gasteiger partial charge >= 0.3 is 0 Å². The molecule has 3 nitrogen and oxygen atoms in total. The van der Waals surface area contributed by atoms with Crippen LogP contribution in [0, 0.1) is 11.7 Å². The molecule has 1 unspecified atom stereocenters. The number of halogens is 1. The first kappa shape index (κ1) is 14.9. The third kappa shape index (κ3) is 4.27. The normalized spacial score (nSPS) is 13.3. The van der Waals surface area contributed by atoms with Crippen LogP contribution in [0.5, 0.6) is 5.75 Å². The first-order valence-electron chi connectivity index (χ1n) is 6.26. The van der Waals surface area contributed by atoms with Crippen LogP contribution in [0.25, 0.3) is 0 Å². The van der Waals surface area contributed by atoms with Gasteiger partial charge in [0.25, 0.3) is 0 Å². The van der Waals surface area contributed by atoms with Gasteiger partial charge in [0.1, 0.15) is 11.6 Å². The fourth-order valence-corrected chi connectivity index (χ4v) is 2.06. The number of aromatic hydroxyl groups is 1. The third-order valence-electron chi connectivity index (χ3n) is 3.14. The molecule has 2 N–H and O–H groups in total. The molecule has 0 aliphatic heterocycles. The molecular weight excluding hydrogens is 231 g/mol. The van der Waals surface area contributed by atoms with Crippen molar-refractivity contribution < 1.29 is 9.50 Å². The van der Waals surface area contributed by atoms with E-state index in [0.29, 0.717) is 24.1 Å². The standard InChI is InChI=1S/C14H23FN2O/c1-10(2)13(17(3)4)9-16-8-11-7-12(15)5-6-14(11)18/h5-7,10,13,16,18H,8-9H2,1-4H3. The van der Waals surface area contributed by atoms with Gasteiger partial charge in [-0.15, -0.1) is 0 Å². The van der Waals surface area contributed by atoms with Gasteiger partial charge in [0.2, 0.25) is 0 Å². The number of phenols is 1. The molecule has 0 heterocycles. The minimum Gasteiger partial charge on any atom is -0.508 e. The zero-order valence-electron chi connectivity index (χ0n) is 11.6. The minimum atomic E-state index is -0.322. The van der Waals surface area contributed by atoms with Crippen molar-refractivity contribution in [3.05, 3.63) is 29.6 Å². The zero-order valence-corrected chi connectivity index (χ0v) is 11.6. The predicted molar refractivity (Wildman–Crippen MR) is 72.1 cm³/mol. The summed E-state index contributed by atoms with van der Waals surface area (Å²) in [7, 11) is 4.10. The molecule has 1 aromatic rings. The zero-order chi connectivity index (χ0) is 13.7. The summed E-state index contributed by atoms with van der Waals surface area (Å²) in [5.74, 6) is 0.348. The SMILES string of the molecule is CC(C)C(CNCc1cc(F)ccc1O)N(C)C. The lowest BCUT2D eigenvalue weighted by molar-refractivity contribution is 0.224. The van der Waals surface area contributed by atoms with Crippen LogP contribution in [-0.4, -0.2) is 36.7 Å². The highest BCUT2D eigenvalue weighted by molar-refractivity contribution is 5.32. The number of likely N-dealkylation sites (N-methyl/N-ethyl adjacent to an activating group) is 1. The van der Waals surface area contributed by atoms with Gasteiger partial charge in [0, 0.05) is 24.7 Å². The Morgan fingerprint density at radius 3 is 2.56 bits per heavy atom. The van der Waals surface area contributed by atoms with Crippen LogP contribution in [0.2, 0.25) is 0 Å². The molecule has 0 radical (unpaired) electrons. The van der Waals surface area contributed by atoms with E-state index in [2.05, 4.69) is 24.1 Å². The summed E-state index contributed by atoms with van der Waals surface area (Å²) in [5.41, 5.74) is 0.594. The molecule has 1 aromatic carbocycles. The molecule has 1 rings (SSSR count). The maximum absolute atomic E-state index is 13.0. The van der Waals surface area contributed by atoms with Crippen LogP contribution in [-0.2, 0) is 6.54 Å². The molecule has 0 bridgehead atoms. The number of phenolic OH excluding ortho intramolecular Hbond substituents is 1. The van der Waals surface area contributed by atoms with Gasteiger partial charge in [-0.1, -0.05) is 13.8 Å². The van der Waals surface area contributed by atoms with Crippen molar-refractivity contribution in [2.45, 2.75) is 26.4 Å². The van der Waals surface area contributed by atoms with Crippen molar-refractivity contribution in [3.63, 3.8) is 0 Å². The van der Waals surface area contributed by atoms with Crippen molar-refractivity contribution in [2.75, 3.05) is 20.6 Å². The van der Waals surface area contributed by atoms with Gasteiger partial charge in [0.05, 0.1) is 0 Å². The monoisotopic (exact) mass is 254 g/mol. The smallest absolute Gasteiger partial charge is 0.123 e. The van der Waals surface area contributed by atoms with Gasteiger partial charge in [-0.3, -0.25) is 0 Å². The average molecular weight is 254 g/mol. The van der Waals surface area contributed by atoms with Gasteiger partial charge in [-0.2, -0.15) is 0 Å². The van der Waals surface area contributed by atoms with Crippen LogP contribution in [0.15, 0.2) is 18.2 Å². The lowest BCUT2D eigenvalue weighted by Gasteiger charge is -2.28. The van der Waals surface area contributed by atoms with E-state index < -0.39 is 0 Å². The summed E-state index contributed by atoms with van der Waals surface area (Å²) in [5, 5.41) is 12.9. The quantitative estimate of drug-likeness (QED) is 0.817. The van der Waals surface area contributed by atoms with Gasteiger partial charge < -0.3 is 15.3 Å². The lowest BCUT2D eigenvalue weighted by Crippen LogP contribution is -2.41. The van der Waals surface area contributed by atoms with Gasteiger partial charge in [-0.05, 0) is 38.2 Å². The van der Waals surface area contributed by atoms with E-state index in [1.807, 2.05) is 14.1 Å². The molecule has 0 aliphatic rings. The van der Waals surface area contributed by atoms with Crippen molar-refractivity contribution in [2.24, 2.45) is 5.92 Å². The van der Waals surface area contributed by atoms with Crippen LogP contribution >= 0.6 is 0 Å². The largest absolute Gasteiger partial charge is 0.508 e. The third-order valence-corrected chi connectivity index (χ3v) is 3.14. The number of hydrogen-bond acceptors (Lipinski definition) is 3. The van der Waals surface area contributed by atoms with E-state index in [1.54, 1.807) is 0 Å². The Morgan fingerprint density at radius 1 is 1.33 bits per heavy atom. The van der Waals surface area contributed by atoms with Crippen molar-refractivity contribution in [3.8, 4) is 5.75 Å². The predicted octanol–water partition coefficient (Wildman–Crippen LogP) is 2.21. The summed E-state index contributed by atoms with van der Waals surface area (Å²) >= 11 is 0. The van der Waals surface area contributed by atoms with E-state index in [0.717, 1.165) is 6.54 Å². The second kappa shape index (κ2) is 6.71. The maximum atomic E-state index is 13.0. The first-order valence-corrected chi connectivity index (χ1v) is 6.26. The first-order chi connectivity index (χ1) is 8.41. The molecule has 1 atom stereocenters. The average Bonchev–Trinajstić information content (AvgIpc) is 2.27. The molecule has 0 amide bonds. The number of nitrogens with one attached hydrogen (secondary N) is 1. The molecule has 18 heavy (non-hydrogen) atoms. The number of nitrogens with zero attached hydrogens (tertiary/aromatic N) is 1. The topological polar surface area (TPSA) is 35.5 Å². The summed E-state index contributed by atoms with van der Waals surface area (Å²) in [4.78, 5) is 2.17. The fraction of sp³-hybridized carbons (Fsp3) is 0.571. The van der Waals surface area contributed by atoms with E-state index in [-0.39, 0.29) is 11.6 Å². The molecule has 0 saturated heterocycles. The van der Waals surface area contributed by atoms with Crippen molar-refractivity contribution in [1.82, 2.24) is 10.2 Å². The molecule has 0 aliphatic carbocycles. The summed E-state index contributed by atoms with van der Waals surface area (Å²) < 4.78 is 13.0. The number of benzene rings is 1. The number of rotatable bonds is 6. The lowest BCUT2D eigenvalue weighted by atomic mass is 10.0. The molecule has 102 valence electrons. The Kier molecular flexibility index (Phi) is 5.56. The van der Waals surface area contributed by atoms with E-state index in [9.17, 15) is 9.50 Å². The molecule has 0 saturated carbocycles. The molecule has 0 aromatic heterocycles. The van der Waals surface area contributed by atoms with E-state index in [4.69, 9.17) is 0 Å². The molecular formula is C14H23FN2O. The van der Waals surface area contributed by atoms with Crippen LogP contribution in [0.3, 0.4) is 0 Å². The Bertz CT molecular complexity index is 372. The second-order valence-corrected chi connectivity index (χ2v) is 5.18. The van der Waals surface area contributed by atoms with Crippen LogP contribution in [0.4, 0.5) is 4.39 Å². The molecule has 4 heteroatoms. The highest BCUT2D eigenvalue weighted by Gasteiger charge is 2.15. The molecule has 0 spiro atoms. The van der Waals surface area contributed by atoms with E-state index >= 15 is 0 Å². The van der Waals surface area contributed by atoms with Crippen LogP contribution in [0.1, 0.15) is 19.4 Å². The fourth-order valence-electron chi connectivity index (χ4n) is 2.06.